The van der Waals surface area contributed by atoms with E-state index in [1.807, 2.05) is 24.3 Å². The predicted octanol–water partition coefficient (Wildman–Crippen LogP) is 4.02. The zero-order valence-corrected chi connectivity index (χ0v) is 19.7. The molecule has 0 N–H and O–H groups in total. The summed E-state index contributed by atoms with van der Waals surface area (Å²) in [7, 11) is 0. The van der Waals surface area contributed by atoms with Gasteiger partial charge in [0.05, 0.1) is 5.39 Å². The third kappa shape index (κ3) is 3.86. The zero-order valence-electron chi connectivity index (χ0n) is 18.9. The molecule has 1 amide bonds. The summed E-state index contributed by atoms with van der Waals surface area (Å²) in [6.45, 7) is 4.63. The highest BCUT2D eigenvalue weighted by atomic mass is 32.1. The summed E-state index contributed by atoms with van der Waals surface area (Å²) in [5.41, 5.74) is 2.51. The van der Waals surface area contributed by atoms with Crippen molar-refractivity contribution in [3.05, 3.63) is 56.4 Å². The Balaban J connectivity index is 1.40. The van der Waals surface area contributed by atoms with Gasteiger partial charge >= 0.3 is 5.97 Å². The number of aryl methyl sites for hydroxylation is 3. The average molecular weight is 466 g/mol. The molecule has 0 fully saturated rings. The molecule has 1 atom stereocenters. The van der Waals surface area contributed by atoms with E-state index in [0.717, 1.165) is 55.6 Å². The molecule has 0 radical (unpaired) electrons. The first-order chi connectivity index (χ1) is 16.0. The molecule has 0 aliphatic carbocycles. The van der Waals surface area contributed by atoms with Crippen molar-refractivity contribution in [2.24, 2.45) is 0 Å². The molecule has 3 aromatic rings. The molecule has 2 aliphatic heterocycles. The van der Waals surface area contributed by atoms with Crippen molar-refractivity contribution in [2.45, 2.75) is 65.0 Å². The Morgan fingerprint density at radius 1 is 1.09 bits per heavy atom. The third-order valence-corrected chi connectivity index (χ3v) is 7.77. The molecule has 0 saturated carbocycles. The summed E-state index contributed by atoms with van der Waals surface area (Å²) in [5, 5.41) is 0.488. The van der Waals surface area contributed by atoms with Crippen molar-refractivity contribution >= 4 is 39.1 Å². The molecule has 4 heterocycles. The van der Waals surface area contributed by atoms with Crippen molar-refractivity contribution in [2.75, 3.05) is 11.4 Å². The Bertz CT molecular complexity index is 1310. The van der Waals surface area contributed by atoms with Crippen LogP contribution in [0, 0.1) is 6.92 Å². The van der Waals surface area contributed by atoms with Crippen LogP contribution in [0.2, 0.25) is 0 Å². The molecule has 1 aromatic carbocycles. The molecule has 8 heteroatoms. The number of ether oxygens (including phenoxy) is 1. The van der Waals surface area contributed by atoms with Gasteiger partial charge in [-0.2, -0.15) is 0 Å². The molecule has 7 nitrogen and oxygen atoms in total. The minimum absolute atomic E-state index is 0.0845. The second kappa shape index (κ2) is 8.74. The number of thiophene rings is 1. The Labute approximate surface area is 196 Å². The van der Waals surface area contributed by atoms with E-state index < -0.39 is 12.1 Å². The summed E-state index contributed by atoms with van der Waals surface area (Å²) in [6, 6.07) is 7.84. The van der Waals surface area contributed by atoms with Gasteiger partial charge in [-0.15, -0.1) is 11.3 Å². The van der Waals surface area contributed by atoms with Crippen molar-refractivity contribution < 1.29 is 14.3 Å². The number of fused-ring (bicyclic) bond motifs is 3. The average Bonchev–Trinajstić information content (AvgIpc) is 2.98. The summed E-state index contributed by atoms with van der Waals surface area (Å²) >= 11 is 1.18. The molecular formula is C25H27N3O4S. The highest BCUT2D eigenvalue weighted by Gasteiger charge is 2.30. The molecule has 0 saturated heterocycles. The number of hydrogen-bond acceptors (Lipinski definition) is 6. The number of aromatic nitrogens is 2. The molecule has 0 spiro atoms. The van der Waals surface area contributed by atoms with Gasteiger partial charge in [-0.25, -0.2) is 9.78 Å². The quantitative estimate of drug-likeness (QED) is 0.546. The minimum Gasteiger partial charge on any atom is -0.448 e. The highest BCUT2D eigenvalue weighted by molar-refractivity contribution is 7.20. The SMILES string of the molecule is Cc1c(C(=O)OC(C)C(=O)N2CCCc3ccccc32)sc2nc3n(c(=O)c12)CCCCC3. The Kier molecular flexibility index (Phi) is 5.78. The van der Waals surface area contributed by atoms with E-state index in [2.05, 4.69) is 0 Å². The number of carbonyl (C=O) groups is 2. The molecule has 1 unspecified atom stereocenters. The Hall–Kier alpha value is -3.00. The van der Waals surface area contributed by atoms with E-state index in [4.69, 9.17) is 9.72 Å². The fourth-order valence-electron chi connectivity index (χ4n) is 4.85. The number of carbonyl (C=O) groups excluding carboxylic acids is 2. The van der Waals surface area contributed by atoms with Crippen molar-refractivity contribution in [1.82, 2.24) is 9.55 Å². The number of amides is 1. The van der Waals surface area contributed by atoms with Crippen molar-refractivity contribution in [3.8, 4) is 0 Å². The lowest BCUT2D eigenvalue weighted by Gasteiger charge is -2.31. The van der Waals surface area contributed by atoms with Gasteiger partial charge in [0.15, 0.2) is 6.10 Å². The van der Waals surface area contributed by atoms with Crippen molar-refractivity contribution in [3.63, 3.8) is 0 Å². The van der Waals surface area contributed by atoms with Crippen LogP contribution in [-0.4, -0.2) is 34.1 Å². The summed E-state index contributed by atoms with van der Waals surface area (Å²) in [5.74, 6) is -0.0288. The molecule has 2 aliphatic rings. The van der Waals surface area contributed by atoms with Crippen LogP contribution in [0.4, 0.5) is 5.69 Å². The number of hydrogen-bond donors (Lipinski definition) is 0. The van der Waals surface area contributed by atoms with Gasteiger partial charge in [0.2, 0.25) is 0 Å². The van der Waals surface area contributed by atoms with Gasteiger partial charge in [-0.3, -0.25) is 14.2 Å². The summed E-state index contributed by atoms with van der Waals surface area (Å²) in [4.78, 5) is 46.7. The number of esters is 1. The molecule has 2 aromatic heterocycles. The van der Waals surface area contributed by atoms with E-state index in [9.17, 15) is 14.4 Å². The smallest absolute Gasteiger partial charge is 0.349 e. The van der Waals surface area contributed by atoms with E-state index in [1.54, 1.807) is 23.3 Å². The van der Waals surface area contributed by atoms with E-state index >= 15 is 0 Å². The number of benzene rings is 1. The van der Waals surface area contributed by atoms with Crippen LogP contribution in [-0.2, 0) is 28.9 Å². The topological polar surface area (TPSA) is 81.5 Å². The van der Waals surface area contributed by atoms with Crippen LogP contribution in [0.25, 0.3) is 10.2 Å². The summed E-state index contributed by atoms with van der Waals surface area (Å²) in [6.07, 6.45) is 4.69. The summed E-state index contributed by atoms with van der Waals surface area (Å²) < 4.78 is 7.36. The first-order valence-electron chi connectivity index (χ1n) is 11.6. The standard InChI is InChI=1S/C25H27N3O4S/c1-15-20-22(26-19-12-4-3-7-13-28(19)24(20)30)33-21(15)25(31)32-16(2)23(29)27-14-8-10-17-9-5-6-11-18(17)27/h5-6,9,11,16H,3-4,7-8,10,12-14H2,1-2H3. The number of anilines is 1. The van der Waals surface area contributed by atoms with Crippen molar-refractivity contribution in [1.29, 1.82) is 0 Å². The Morgan fingerprint density at radius 2 is 1.91 bits per heavy atom. The maximum atomic E-state index is 13.2. The second-order valence-corrected chi connectivity index (χ2v) is 9.80. The monoisotopic (exact) mass is 465 g/mol. The zero-order chi connectivity index (χ0) is 23.1. The largest absolute Gasteiger partial charge is 0.448 e. The van der Waals surface area contributed by atoms with Crippen LogP contribution < -0.4 is 10.5 Å². The maximum absolute atomic E-state index is 13.2. The van der Waals surface area contributed by atoms with Gasteiger partial charge in [-0.05, 0) is 56.7 Å². The number of para-hydroxylation sites is 1. The number of rotatable bonds is 3. The van der Waals surface area contributed by atoms with Gasteiger partial charge in [0.25, 0.3) is 11.5 Å². The van der Waals surface area contributed by atoms with Gasteiger partial charge < -0.3 is 9.64 Å². The van der Waals surface area contributed by atoms with Crippen LogP contribution in [0.5, 0.6) is 0 Å². The van der Waals surface area contributed by atoms with Gasteiger partial charge in [0, 0.05) is 25.2 Å². The molecule has 172 valence electrons. The van der Waals surface area contributed by atoms with E-state index in [0.29, 0.717) is 33.7 Å². The minimum atomic E-state index is -0.931. The van der Waals surface area contributed by atoms with Crippen LogP contribution in [0.3, 0.4) is 0 Å². The fourth-order valence-corrected chi connectivity index (χ4v) is 5.92. The van der Waals surface area contributed by atoms with Gasteiger partial charge in [0.1, 0.15) is 15.5 Å². The second-order valence-electron chi connectivity index (χ2n) is 8.80. The fraction of sp³-hybridized carbons (Fsp3) is 0.440. The molecule has 33 heavy (non-hydrogen) atoms. The lowest BCUT2D eigenvalue weighted by molar-refractivity contribution is -0.126. The number of nitrogens with zero attached hydrogens (tertiary/aromatic N) is 3. The highest BCUT2D eigenvalue weighted by Crippen LogP contribution is 2.30. The lowest BCUT2D eigenvalue weighted by Crippen LogP contribution is -2.42. The Morgan fingerprint density at radius 3 is 2.76 bits per heavy atom. The van der Waals surface area contributed by atoms with E-state index in [1.165, 1.54) is 11.3 Å². The normalized spacial score (nSPS) is 16.6. The molecular weight excluding hydrogens is 438 g/mol. The first-order valence-corrected chi connectivity index (χ1v) is 12.4. The third-order valence-electron chi connectivity index (χ3n) is 6.60. The lowest BCUT2D eigenvalue weighted by atomic mass is 10.0. The van der Waals surface area contributed by atoms with E-state index in [-0.39, 0.29) is 11.5 Å². The first kappa shape index (κ1) is 21.8. The molecule has 0 bridgehead atoms. The molecule has 5 rings (SSSR count). The van der Waals surface area contributed by atoms with Crippen LogP contribution >= 0.6 is 11.3 Å². The van der Waals surface area contributed by atoms with Gasteiger partial charge in [-0.1, -0.05) is 24.6 Å². The van der Waals surface area contributed by atoms with Crippen LogP contribution in [0.15, 0.2) is 29.1 Å². The maximum Gasteiger partial charge on any atom is 0.349 e. The predicted molar refractivity (Wildman–Crippen MR) is 128 cm³/mol. The van der Waals surface area contributed by atoms with Crippen LogP contribution in [0.1, 0.15) is 59.2 Å².